The van der Waals surface area contributed by atoms with Gasteiger partial charge < -0.3 is 4.90 Å². The Kier molecular flexibility index (Phi) is 4.61. The molecule has 4 nitrogen and oxygen atoms in total. The summed E-state index contributed by atoms with van der Waals surface area (Å²) in [6.45, 7) is 6.12. The van der Waals surface area contributed by atoms with Crippen molar-refractivity contribution in [1.29, 1.82) is 0 Å². The highest BCUT2D eigenvalue weighted by molar-refractivity contribution is 9.10. The fourth-order valence-corrected chi connectivity index (χ4v) is 3.57. The molecule has 124 valence electrons. The van der Waals surface area contributed by atoms with Gasteiger partial charge in [-0.15, -0.1) is 0 Å². The second kappa shape index (κ2) is 6.36. The number of hydrogen-bond acceptors (Lipinski definition) is 3. The standard InChI is InChI=1S/C18H24BrN3O/c1-18(2)12-16(13-4-6-14(19)7-5-13)20-22(17(18)23)15-8-10-21(3)11-9-15/h4-7,15H,8-12H2,1-3H3. The smallest absolute Gasteiger partial charge is 0.248 e. The van der Waals surface area contributed by atoms with Crippen LogP contribution in [0.1, 0.15) is 38.7 Å². The molecule has 0 atom stereocenters. The van der Waals surface area contributed by atoms with Crippen LogP contribution in [0, 0.1) is 5.41 Å². The van der Waals surface area contributed by atoms with Gasteiger partial charge in [-0.2, -0.15) is 5.10 Å². The van der Waals surface area contributed by atoms with E-state index in [2.05, 4.69) is 40.0 Å². The van der Waals surface area contributed by atoms with Crippen LogP contribution in [0.25, 0.3) is 0 Å². The number of piperidine rings is 1. The van der Waals surface area contributed by atoms with Crippen molar-refractivity contribution in [3.05, 3.63) is 34.3 Å². The summed E-state index contributed by atoms with van der Waals surface area (Å²) in [7, 11) is 2.13. The van der Waals surface area contributed by atoms with Crippen LogP contribution in [-0.2, 0) is 4.79 Å². The summed E-state index contributed by atoms with van der Waals surface area (Å²) >= 11 is 3.47. The average molecular weight is 378 g/mol. The first-order valence-electron chi connectivity index (χ1n) is 8.22. The maximum Gasteiger partial charge on any atom is 0.248 e. The Morgan fingerprint density at radius 1 is 1.17 bits per heavy atom. The topological polar surface area (TPSA) is 35.9 Å². The van der Waals surface area contributed by atoms with E-state index in [9.17, 15) is 4.79 Å². The third-order valence-electron chi connectivity index (χ3n) is 4.84. The molecule has 0 aliphatic carbocycles. The number of benzene rings is 1. The summed E-state index contributed by atoms with van der Waals surface area (Å²) in [5.74, 6) is 0.160. The van der Waals surface area contributed by atoms with Gasteiger partial charge >= 0.3 is 0 Å². The molecule has 1 amide bonds. The van der Waals surface area contributed by atoms with Gasteiger partial charge in [0.1, 0.15) is 0 Å². The molecule has 2 aliphatic rings. The molecule has 1 aromatic rings. The van der Waals surface area contributed by atoms with Crippen molar-refractivity contribution in [3.63, 3.8) is 0 Å². The molecule has 1 saturated heterocycles. The van der Waals surface area contributed by atoms with E-state index in [1.165, 1.54) is 0 Å². The molecular weight excluding hydrogens is 354 g/mol. The molecular formula is C18H24BrN3O. The maximum absolute atomic E-state index is 12.9. The number of nitrogens with zero attached hydrogens (tertiary/aromatic N) is 3. The molecule has 1 fully saturated rings. The van der Waals surface area contributed by atoms with Gasteiger partial charge in [0, 0.05) is 10.9 Å². The molecule has 0 saturated carbocycles. The van der Waals surface area contributed by atoms with Crippen LogP contribution in [0.2, 0.25) is 0 Å². The highest BCUT2D eigenvalue weighted by Gasteiger charge is 2.41. The molecule has 1 aromatic carbocycles. The first-order chi connectivity index (χ1) is 10.9. The number of carbonyl (C=O) groups excluding carboxylic acids is 1. The second-order valence-electron chi connectivity index (χ2n) is 7.30. The molecule has 2 heterocycles. The zero-order chi connectivity index (χ0) is 16.6. The zero-order valence-electron chi connectivity index (χ0n) is 14.1. The average Bonchev–Trinajstić information content (AvgIpc) is 2.51. The summed E-state index contributed by atoms with van der Waals surface area (Å²) in [5, 5.41) is 6.56. The predicted molar refractivity (Wildman–Crippen MR) is 96.4 cm³/mol. The van der Waals surface area contributed by atoms with E-state index in [1.807, 2.05) is 26.0 Å². The third kappa shape index (κ3) is 3.50. The van der Waals surface area contributed by atoms with Gasteiger partial charge in [-0.05, 0) is 50.7 Å². The number of amides is 1. The highest BCUT2D eigenvalue weighted by Crippen LogP contribution is 2.33. The second-order valence-corrected chi connectivity index (χ2v) is 8.21. The number of likely N-dealkylation sites (tertiary alicyclic amines) is 1. The fourth-order valence-electron chi connectivity index (χ4n) is 3.30. The quantitative estimate of drug-likeness (QED) is 0.790. The van der Waals surface area contributed by atoms with Crippen molar-refractivity contribution in [1.82, 2.24) is 9.91 Å². The molecule has 3 rings (SSSR count). The van der Waals surface area contributed by atoms with Crippen molar-refractivity contribution in [2.45, 2.75) is 39.2 Å². The van der Waals surface area contributed by atoms with Gasteiger partial charge in [0.2, 0.25) is 5.91 Å². The number of hydrogen-bond donors (Lipinski definition) is 0. The largest absolute Gasteiger partial charge is 0.306 e. The number of rotatable bonds is 2. The lowest BCUT2D eigenvalue weighted by Gasteiger charge is -2.41. The van der Waals surface area contributed by atoms with Crippen molar-refractivity contribution < 1.29 is 4.79 Å². The Labute approximate surface area is 146 Å². The van der Waals surface area contributed by atoms with Crippen molar-refractivity contribution in [2.75, 3.05) is 20.1 Å². The number of hydrazone groups is 1. The summed E-state index contributed by atoms with van der Waals surface area (Å²) < 4.78 is 1.06. The molecule has 5 heteroatoms. The number of carbonyl (C=O) groups is 1. The van der Waals surface area contributed by atoms with E-state index in [-0.39, 0.29) is 11.9 Å². The van der Waals surface area contributed by atoms with E-state index < -0.39 is 5.41 Å². The third-order valence-corrected chi connectivity index (χ3v) is 5.36. The van der Waals surface area contributed by atoms with Gasteiger partial charge in [-0.25, -0.2) is 5.01 Å². The van der Waals surface area contributed by atoms with Crippen molar-refractivity contribution in [3.8, 4) is 0 Å². The summed E-state index contributed by atoms with van der Waals surface area (Å²) in [4.78, 5) is 15.2. The molecule has 0 spiro atoms. The van der Waals surface area contributed by atoms with E-state index in [1.54, 1.807) is 5.01 Å². The van der Waals surface area contributed by atoms with Crippen LogP contribution >= 0.6 is 15.9 Å². The minimum atomic E-state index is -0.395. The normalized spacial score (nSPS) is 23.0. The van der Waals surface area contributed by atoms with Gasteiger partial charge in [0.25, 0.3) is 0 Å². The van der Waals surface area contributed by atoms with Crippen LogP contribution in [0.5, 0.6) is 0 Å². The summed E-state index contributed by atoms with van der Waals surface area (Å²) in [6, 6.07) is 8.43. The monoisotopic (exact) mass is 377 g/mol. The highest BCUT2D eigenvalue weighted by atomic mass is 79.9. The van der Waals surface area contributed by atoms with E-state index in [0.717, 1.165) is 41.7 Å². The lowest BCUT2D eigenvalue weighted by molar-refractivity contribution is -0.144. The lowest BCUT2D eigenvalue weighted by Crippen LogP contribution is -2.51. The summed E-state index contributed by atoms with van der Waals surface area (Å²) in [6.07, 6.45) is 2.68. The molecule has 2 aliphatic heterocycles. The number of halogens is 1. The van der Waals surface area contributed by atoms with E-state index >= 15 is 0 Å². The molecule has 0 radical (unpaired) electrons. The van der Waals surface area contributed by atoms with Gasteiger partial charge in [0.15, 0.2) is 0 Å². The van der Waals surface area contributed by atoms with Gasteiger partial charge in [-0.1, -0.05) is 41.9 Å². The Hall–Kier alpha value is -1.20. The molecule has 0 N–H and O–H groups in total. The first-order valence-corrected chi connectivity index (χ1v) is 9.02. The Bertz CT molecular complexity index is 616. The van der Waals surface area contributed by atoms with E-state index in [0.29, 0.717) is 6.42 Å². The maximum atomic E-state index is 12.9. The van der Waals surface area contributed by atoms with Crippen LogP contribution in [0.15, 0.2) is 33.8 Å². The van der Waals surface area contributed by atoms with Crippen LogP contribution in [-0.4, -0.2) is 47.7 Å². The Morgan fingerprint density at radius 3 is 2.39 bits per heavy atom. The lowest BCUT2D eigenvalue weighted by atomic mass is 9.82. The molecule has 0 bridgehead atoms. The van der Waals surface area contributed by atoms with E-state index in [4.69, 9.17) is 5.10 Å². The molecule has 23 heavy (non-hydrogen) atoms. The van der Waals surface area contributed by atoms with Crippen LogP contribution in [0.3, 0.4) is 0 Å². The van der Waals surface area contributed by atoms with Crippen LogP contribution < -0.4 is 0 Å². The van der Waals surface area contributed by atoms with Gasteiger partial charge in [-0.3, -0.25) is 4.79 Å². The van der Waals surface area contributed by atoms with Crippen molar-refractivity contribution in [2.24, 2.45) is 10.5 Å². The Morgan fingerprint density at radius 2 is 1.78 bits per heavy atom. The minimum Gasteiger partial charge on any atom is -0.306 e. The predicted octanol–water partition coefficient (Wildman–Crippen LogP) is 3.51. The summed E-state index contributed by atoms with van der Waals surface area (Å²) in [5.41, 5.74) is 1.72. The van der Waals surface area contributed by atoms with Crippen LogP contribution in [0.4, 0.5) is 0 Å². The zero-order valence-corrected chi connectivity index (χ0v) is 15.6. The first kappa shape index (κ1) is 16.7. The minimum absolute atomic E-state index is 0.160. The van der Waals surface area contributed by atoms with Crippen molar-refractivity contribution >= 4 is 27.5 Å². The SMILES string of the molecule is CN1CCC(N2N=C(c3ccc(Br)cc3)CC(C)(C)C2=O)CC1. The molecule has 0 unspecified atom stereocenters. The Balaban J connectivity index is 1.91. The fraction of sp³-hybridized carbons (Fsp3) is 0.556. The van der Waals surface area contributed by atoms with Gasteiger partial charge in [0.05, 0.1) is 17.2 Å². The molecule has 0 aromatic heterocycles.